The van der Waals surface area contributed by atoms with Crippen LogP contribution in [0.2, 0.25) is 0 Å². The molecule has 21 heavy (non-hydrogen) atoms. The van der Waals surface area contributed by atoms with Crippen molar-refractivity contribution in [3.8, 4) is 0 Å². The normalized spacial score (nSPS) is 19.4. The van der Waals surface area contributed by atoms with Crippen LogP contribution in [0.25, 0.3) is 0 Å². The molecular weight excluding hydrogens is 330 g/mol. The zero-order valence-electron chi connectivity index (χ0n) is 11.5. The Morgan fingerprint density at radius 3 is 2.81 bits per heavy atom. The molecule has 2 rings (SSSR count). The minimum Gasteiger partial charge on any atom is -0.478 e. The first kappa shape index (κ1) is 16.7. The van der Waals surface area contributed by atoms with Crippen molar-refractivity contribution in [3.63, 3.8) is 0 Å². The summed E-state index contributed by atoms with van der Waals surface area (Å²) >= 11 is 3.59. The Labute approximate surface area is 132 Å². The maximum atomic E-state index is 12.4. The summed E-state index contributed by atoms with van der Waals surface area (Å²) in [6.07, 6.45) is 0. The van der Waals surface area contributed by atoms with Crippen LogP contribution in [-0.2, 0) is 10.0 Å². The fourth-order valence-corrected chi connectivity index (χ4v) is 6.02. The lowest BCUT2D eigenvalue weighted by Gasteiger charge is -2.21. The van der Waals surface area contributed by atoms with E-state index in [1.807, 2.05) is 11.8 Å². The molecule has 1 aromatic carbocycles. The van der Waals surface area contributed by atoms with E-state index in [2.05, 4.69) is 4.72 Å². The quantitative estimate of drug-likeness (QED) is 0.845. The predicted molar refractivity (Wildman–Crippen MR) is 86.9 cm³/mol. The Morgan fingerprint density at radius 1 is 1.43 bits per heavy atom. The molecule has 0 saturated carbocycles. The second kappa shape index (κ2) is 7.04. The molecule has 5 nitrogen and oxygen atoms in total. The van der Waals surface area contributed by atoms with Crippen molar-refractivity contribution in [2.45, 2.75) is 17.1 Å². The molecule has 0 bridgehead atoms. The number of benzene rings is 1. The van der Waals surface area contributed by atoms with E-state index in [1.54, 1.807) is 18.7 Å². The highest BCUT2D eigenvalue weighted by atomic mass is 32.2. The lowest BCUT2D eigenvalue weighted by Crippen LogP contribution is -2.33. The van der Waals surface area contributed by atoms with E-state index in [-0.39, 0.29) is 15.7 Å². The maximum absolute atomic E-state index is 12.4. The summed E-state index contributed by atoms with van der Waals surface area (Å²) < 4.78 is 27.3. The van der Waals surface area contributed by atoms with Gasteiger partial charge >= 0.3 is 5.97 Å². The molecule has 0 amide bonds. The van der Waals surface area contributed by atoms with Crippen LogP contribution in [0, 0.1) is 6.92 Å². The summed E-state index contributed by atoms with van der Waals surface area (Å²) in [7, 11) is -3.68. The van der Waals surface area contributed by atoms with Crippen LogP contribution < -0.4 is 4.72 Å². The number of nitrogens with one attached hydrogen (secondary N) is 1. The minimum absolute atomic E-state index is 0.0245. The highest BCUT2D eigenvalue weighted by molar-refractivity contribution is 8.06. The third-order valence-electron chi connectivity index (χ3n) is 3.11. The number of rotatable bonds is 5. The molecule has 1 aliphatic heterocycles. The lowest BCUT2D eigenvalue weighted by molar-refractivity contribution is 0.0696. The van der Waals surface area contributed by atoms with Gasteiger partial charge in [0.15, 0.2) is 0 Å². The summed E-state index contributed by atoms with van der Waals surface area (Å²) in [6.45, 7) is 2.03. The van der Waals surface area contributed by atoms with Crippen molar-refractivity contribution in [2.75, 3.05) is 23.8 Å². The molecular formula is C13H17NO4S3. The fraction of sp³-hybridized carbons (Fsp3) is 0.462. The second-order valence-electron chi connectivity index (χ2n) is 4.71. The number of thioether (sulfide) groups is 2. The molecule has 0 spiro atoms. The van der Waals surface area contributed by atoms with Crippen LogP contribution in [0.4, 0.5) is 0 Å². The molecule has 8 heteroatoms. The average Bonchev–Trinajstić information content (AvgIpc) is 2.46. The molecule has 2 N–H and O–H groups in total. The summed E-state index contributed by atoms with van der Waals surface area (Å²) in [6, 6.07) is 4.14. The van der Waals surface area contributed by atoms with Crippen LogP contribution in [-0.4, -0.2) is 48.5 Å². The minimum atomic E-state index is -3.68. The number of aromatic carboxylic acids is 1. The molecule has 1 atom stereocenters. The van der Waals surface area contributed by atoms with Crippen LogP contribution in [0.1, 0.15) is 15.9 Å². The van der Waals surface area contributed by atoms with E-state index < -0.39 is 16.0 Å². The SMILES string of the molecule is Cc1ccc(C(=O)O)cc1S(=O)(=O)NCC1CSCCS1. The Balaban J connectivity index is 2.14. The highest BCUT2D eigenvalue weighted by Crippen LogP contribution is 2.24. The smallest absolute Gasteiger partial charge is 0.335 e. The topological polar surface area (TPSA) is 83.5 Å². The Hall–Kier alpha value is -0.700. The molecule has 1 fully saturated rings. The van der Waals surface area contributed by atoms with Crippen LogP contribution >= 0.6 is 23.5 Å². The van der Waals surface area contributed by atoms with Gasteiger partial charge in [-0.1, -0.05) is 6.07 Å². The first-order chi connectivity index (χ1) is 9.90. The lowest BCUT2D eigenvalue weighted by atomic mass is 10.1. The van der Waals surface area contributed by atoms with Gasteiger partial charge in [-0.05, 0) is 24.6 Å². The highest BCUT2D eigenvalue weighted by Gasteiger charge is 2.22. The van der Waals surface area contributed by atoms with Crippen molar-refractivity contribution in [3.05, 3.63) is 29.3 Å². The largest absolute Gasteiger partial charge is 0.478 e. The van der Waals surface area contributed by atoms with E-state index in [0.717, 1.165) is 17.3 Å². The number of hydrogen-bond acceptors (Lipinski definition) is 5. The molecule has 1 saturated heterocycles. The zero-order valence-corrected chi connectivity index (χ0v) is 14.0. The summed E-state index contributed by atoms with van der Waals surface area (Å²) in [4.78, 5) is 11.0. The number of carbonyl (C=O) groups is 1. The van der Waals surface area contributed by atoms with Gasteiger partial charge in [0.2, 0.25) is 10.0 Å². The van der Waals surface area contributed by atoms with E-state index in [9.17, 15) is 13.2 Å². The van der Waals surface area contributed by atoms with E-state index in [4.69, 9.17) is 5.11 Å². The second-order valence-corrected chi connectivity index (χ2v) is 9.00. The van der Waals surface area contributed by atoms with Gasteiger partial charge in [-0.2, -0.15) is 23.5 Å². The Morgan fingerprint density at radius 2 is 2.19 bits per heavy atom. The van der Waals surface area contributed by atoms with Gasteiger partial charge < -0.3 is 5.11 Å². The number of aryl methyl sites for hydroxylation is 1. The van der Waals surface area contributed by atoms with E-state index in [0.29, 0.717) is 12.1 Å². The van der Waals surface area contributed by atoms with Gasteiger partial charge in [0.25, 0.3) is 0 Å². The molecule has 1 aromatic rings. The van der Waals surface area contributed by atoms with E-state index >= 15 is 0 Å². The molecule has 1 heterocycles. The Kier molecular flexibility index (Phi) is 5.59. The van der Waals surface area contributed by atoms with Crippen molar-refractivity contribution in [1.82, 2.24) is 4.72 Å². The van der Waals surface area contributed by atoms with Gasteiger partial charge in [0.1, 0.15) is 0 Å². The summed E-state index contributed by atoms with van der Waals surface area (Å²) in [5.41, 5.74) is 0.516. The van der Waals surface area contributed by atoms with Crippen molar-refractivity contribution >= 4 is 39.5 Å². The first-order valence-corrected chi connectivity index (χ1v) is 10.1. The molecule has 0 aromatic heterocycles. The van der Waals surface area contributed by atoms with Crippen LogP contribution in [0.5, 0.6) is 0 Å². The summed E-state index contributed by atoms with van der Waals surface area (Å²) in [5, 5.41) is 9.24. The van der Waals surface area contributed by atoms with Crippen molar-refractivity contribution < 1.29 is 18.3 Å². The van der Waals surface area contributed by atoms with Gasteiger partial charge in [0.05, 0.1) is 10.5 Å². The number of carboxylic acids is 1. The van der Waals surface area contributed by atoms with E-state index in [1.165, 1.54) is 18.2 Å². The van der Waals surface area contributed by atoms with Gasteiger partial charge in [-0.3, -0.25) is 0 Å². The zero-order chi connectivity index (χ0) is 15.5. The Bertz CT molecular complexity index is 624. The predicted octanol–water partition coefficient (Wildman–Crippen LogP) is 1.82. The van der Waals surface area contributed by atoms with Crippen molar-refractivity contribution in [1.29, 1.82) is 0 Å². The van der Waals surface area contributed by atoms with Gasteiger partial charge in [-0.15, -0.1) is 0 Å². The first-order valence-electron chi connectivity index (χ1n) is 6.43. The summed E-state index contributed by atoms with van der Waals surface area (Å²) in [5.74, 6) is 1.94. The molecule has 0 radical (unpaired) electrons. The van der Waals surface area contributed by atoms with Crippen LogP contribution in [0.15, 0.2) is 23.1 Å². The molecule has 116 valence electrons. The third-order valence-corrected chi connectivity index (χ3v) is 7.52. The number of hydrogen-bond donors (Lipinski definition) is 2. The number of carboxylic acid groups (broad SMARTS) is 1. The van der Waals surface area contributed by atoms with Crippen LogP contribution in [0.3, 0.4) is 0 Å². The standard InChI is InChI=1S/C13H17NO4S3/c1-9-2-3-10(13(15)16)6-12(9)21(17,18)14-7-11-8-19-4-5-20-11/h2-3,6,11,14H,4-5,7-8H2,1H3,(H,15,16). The molecule has 1 unspecified atom stereocenters. The van der Waals surface area contributed by atoms with Crippen molar-refractivity contribution in [2.24, 2.45) is 0 Å². The van der Waals surface area contributed by atoms with Gasteiger partial charge in [-0.25, -0.2) is 17.9 Å². The fourth-order valence-electron chi connectivity index (χ4n) is 1.96. The van der Waals surface area contributed by atoms with Gasteiger partial charge in [0, 0.05) is 29.1 Å². The molecule has 1 aliphatic rings. The average molecular weight is 347 g/mol. The monoisotopic (exact) mass is 347 g/mol. The third kappa shape index (κ3) is 4.38. The number of sulfonamides is 1. The molecule has 0 aliphatic carbocycles. The maximum Gasteiger partial charge on any atom is 0.335 e.